The van der Waals surface area contributed by atoms with Gasteiger partial charge in [-0.25, -0.2) is 4.79 Å². The molecule has 8 heteroatoms. The third kappa shape index (κ3) is 5.00. The van der Waals surface area contributed by atoms with Crippen LogP contribution < -0.4 is 0 Å². The highest BCUT2D eigenvalue weighted by molar-refractivity contribution is 6.12. The minimum Gasteiger partial charge on any atom is -0.443 e. The van der Waals surface area contributed by atoms with Gasteiger partial charge in [0.2, 0.25) is 11.8 Å². The first-order chi connectivity index (χ1) is 13.7. The van der Waals surface area contributed by atoms with Crippen LogP contribution in [-0.2, 0) is 25.7 Å². The molecule has 0 aromatic heterocycles. The topological polar surface area (TPSA) is 87.2 Å². The van der Waals surface area contributed by atoms with E-state index in [1.165, 1.54) is 4.90 Å². The van der Waals surface area contributed by atoms with Gasteiger partial charge in [0, 0.05) is 26.1 Å². The Kier molecular flexibility index (Phi) is 6.02. The molecule has 0 spiro atoms. The fraction of sp³-hybridized carbons (Fsp3) is 0.524. The maximum Gasteiger partial charge on any atom is 0.424 e. The van der Waals surface area contributed by atoms with E-state index in [1.807, 2.05) is 35.2 Å². The van der Waals surface area contributed by atoms with Crippen LogP contribution in [0.4, 0.5) is 4.79 Å². The maximum atomic E-state index is 12.9. The number of benzene rings is 1. The molecule has 2 saturated heterocycles. The second kappa shape index (κ2) is 8.32. The largest absolute Gasteiger partial charge is 0.443 e. The molecule has 2 heterocycles. The third-order valence-electron chi connectivity index (χ3n) is 4.92. The number of imide groups is 3. The summed E-state index contributed by atoms with van der Waals surface area (Å²) in [6, 6.07) is 9.05. The van der Waals surface area contributed by atoms with E-state index in [0.717, 1.165) is 5.56 Å². The lowest BCUT2D eigenvalue weighted by Gasteiger charge is -2.41. The molecule has 2 fully saturated rings. The van der Waals surface area contributed by atoms with Crippen molar-refractivity contribution in [1.29, 1.82) is 0 Å². The van der Waals surface area contributed by atoms with Crippen LogP contribution in [0.3, 0.4) is 0 Å². The van der Waals surface area contributed by atoms with Crippen molar-refractivity contribution in [1.82, 2.24) is 14.7 Å². The van der Waals surface area contributed by atoms with Crippen LogP contribution >= 0.6 is 0 Å². The molecule has 1 aromatic rings. The summed E-state index contributed by atoms with van der Waals surface area (Å²) in [7, 11) is 0. The number of ether oxygens (including phenoxy) is 1. The van der Waals surface area contributed by atoms with E-state index in [2.05, 4.69) is 0 Å². The number of amides is 4. The molecule has 0 saturated carbocycles. The van der Waals surface area contributed by atoms with E-state index in [1.54, 1.807) is 20.8 Å². The standard InChI is InChI=1S/C21H27N3O5/c1-21(2,3)29-20(28)24-17(25)10-9-16(19(24)27)23-12-11-22(14-18(23)26)13-15-7-5-4-6-8-15/h4-8,16H,9-14H2,1-3H3. The fourth-order valence-electron chi connectivity index (χ4n) is 3.60. The first kappa shape index (κ1) is 21.0. The third-order valence-corrected chi connectivity index (χ3v) is 4.92. The highest BCUT2D eigenvalue weighted by Crippen LogP contribution is 2.23. The maximum absolute atomic E-state index is 12.9. The Morgan fingerprint density at radius 3 is 2.38 bits per heavy atom. The Labute approximate surface area is 170 Å². The first-order valence-corrected chi connectivity index (χ1v) is 9.81. The number of hydrogen-bond acceptors (Lipinski definition) is 6. The van der Waals surface area contributed by atoms with Gasteiger partial charge in [0.15, 0.2) is 0 Å². The molecule has 4 amide bonds. The van der Waals surface area contributed by atoms with Crippen molar-refractivity contribution in [3.05, 3.63) is 35.9 Å². The molecule has 8 nitrogen and oxygen atoms in total. The summed E-state index contributed by atoms with van der Waals surface area (Å²) in [6.45, 7) is 6.83. The molecule has 0 radical (unpaired) electrons. The number of rotatable bonds is 3. The lowest BCUT2D eigenvalue weighted by Crippen LogP contribution is -2.62. The molecule has 3 rings (SSSR count). The summed E-state index contributed by atoms with van der Waals surface area (Å²) in [5, 5.41) is 0. The Bertz CT molecular complexity index is 802. The average Bonchev–Trinajstić information content (AvgIpc) is 2.62. The summed E-state index contributed by atoms with van der Waals surface area (Å²) < 4.78 is 5.20. The van der Waals surface area contributed by atoms with Gasteiger partial charge in [-0.05, 0) is 32.8 Å². The lowest BCUT2D eigenvalue weighted by molar-refractivity contribution is -0.157. The fourth-order valence-corrected chi connectivity index (χ4v) is 3.60. The zero-order chi connectivity index (χ0) is 21.2. The molecule has 1 aromatic carbocycles. The van der Waals surface area contributed by atoms with E-state index in [0.29, 0.717) is 24.5 Å². The van der Waals surface area contributed by atoms with Crippen LogP contribution in [0.1, 0.15) is 39.2 Å². The van der Waals surface area contributed by atoms with Crippen molar-refractivity contribution >= 4 is 23.8 Å². The number of carbonyl (C=O) groups is 4. The van der Waals surface area contributed by atoms with Gasteiger partial charge >= 0.3 is 6.09 Å². The van der Waals surface area contributed by atoms with Crippen LogP contribution in [0.15, 0.2) is 30.3 Å². The summed E-state index contributed by atoms with van der Waals surface area (Å²) in [5.41, 5.74) is 0.285. The molecule has 29 heavy (non-hydrogen) atoms. The molecular formula is C21H27N3O5. The number of likely N-dealkylation sites (tertiary alicyclic amines) is 1. The van der Waals surface area contributed by atoms with Gasteiger partial charge in [-0.3, -0.25) is 19.3 Å². The Morgan fingerprint density at radius 2 is 1.76 bits per heavy atom. The summed E-state index contributed by atoms with van der Waals surface area (Å²) in [4.78, 5) is 54.2. The van der Waals surface area contributed by atoms with Crippen LogP contribution in [0.5, 0.6) is 0 Å². The second-order valence-corrected chi connectivity index (χ2v) is 8.39. The van der Waals surface area contributed by atoms with Crippen molar-refractivity contribution in [2.45, 2.75) is 51.8 Å². The predicted molar refractivity (Wildman–Crippen MR) is 105 cm³/mol. The van der Waals surface area contributed by atoms with Gasteiger partial charge in [-0.2, -0.15) is 4.90 Å². The normalized spacial score (nSPS) is 21.5. The Morgan fingerprint density at radius 1 is 1.07 bits per heavy atom. The van der Waals surface area contributed by atoms with Crippen LogP contribution in [0.25, 0.3) is 0 Å². The van der Waals surface area contributed by atoms with Crippen LogP contribution in [0, 0.1) is 0 Å². The highest BCUT2D eigenvalue weighted by atomic mass is 16.6. The quantitative estimate of drug-likeness (QED) is 0.718. The molecule has 156 valence electrons. The van der Waals surface area contributed by atoms with Crippen LogP contribution in [-0.4, -0.2) is 69.8 Å². The molecular weight excluding hydrogens is 374 g/mol. The zero-order valence-corrected chi connectivity index (χ0v) is 17.1. The van der Waals surface area contributed by atoms with Crippen molar-refractivity contribution in [2.75, 3.05) is 19.6 Å². The Hall–Kier alpha value is -2.74. The first-order valence-electron chi connectivity index (χ1n) is 9.81. The monoisotopic (exact) mass is 401 g/mol. The Balaban J connectivity index is 1.66. The van der Waals surface area contributed by atoms with E-state index in [4.69, 9.17) is 4.74 Å². The van der Waals surface area contributed by atoms with E-state index in [9.17, 15) is 19.2 Å². The van der Waals surface area contributed by atoms with E-state index < -0.39 is 29.6 Å². The van der Waals surface area contributed by atoms with Gasteiger partial charge in [-0.15, -0.1) is 0 Å². The van der Waals surface area contributed by atoms with Gasteiger partial charge in [-0.1, -0.05) is 30.3 Å². The van der Waals surface area contributed by atoms with Crippen molar-refractivity contribution in [2.24, 2.45) is 0 Å². The number of nitrogens with zero attached hydrogens (tertiary/aromatic N) is 3. The number of piperidine rings is 1. The molecule has 2 aliphatic rings. The van der Waals surface area contributed by atoms with Gasteiger partial charge in [0.25, 0.3) is 5.91 Å². The molecule has 2 aliphatic heterocycles. The number of hydrogen-bond donors (Lipinski definition) is 0. The number of piperazine rings is 1. The molecule has 0 bridgehead atoms. The average molecular weight is 401 g/mol. The highest BCUT2D eigenvalue weighted by Gasteiger charge is 2.45. The van der Waals surface area contributed by atoms with Gasteiger partial charge in [0.05, 0.1) is 6.54 Å². The SMILES string of the molecule is CC(C)(C)OC(=O)N1C(=O)CCC(N2CCN(Cc3ccccc3)CC2=O)C1=O. The van der Waals surface area contributed by atoms with Crippen LogP contribution in [0.2, 0.25) is 0 Å². The zero-order valence-electron chi connectivity index (χ0n) is 17.1. The molecule has 1 unspecified atom stereocenters. The predicted octanol–water partition coefficient (Wildman–Crippen LogP) is 1.78. The van der Waals surface area contributed by atoms with Crippen molar-refractivity contribution in [3.63, 3.8) is 0 Å². The second-order valence-electron chi connectivity index (χ2n) is 8.39. The molecule has 0 aliphatic carbocycles. The summed E-state index contributed by atoms with van der Waals surface area (Å²) >= 11 is 0. The van der Waals surface area contributed by atoms with Gasteiger partial charge in [0.1, 0.15) is 11.6 Å². The summed E-state index contributed by atoms with van der Waals surface area (Å²) in [6.07, 6.45) is -0.735. The van der Waals surface area contributed by atoms with E-state index >= 15 is 0 Å². The minimum atomic E-state index is -0.979. The molecule has 1 atom stereocenters. The number of carbonyl (C=O) groups excluding carboxylic acids is 4. The minimum absolute atomic E-state index is 0.0210. The van der Waals surface area contributed by atoms with Gasteiger partial charge < -0.3 is 9.64 Å². The van der Waals surface area contributed by atoms with Crippen molar-refractivity contribution < 1.29 is 23.9 Å². The summed E-state index contributed by atoms with van der Waals surface area (Å²) in [5.74, 6) is -1.44. The van der Waals surface area contributed by atoms with Crippen molar-refractivity contribution in [3.8, 4) is 0 Å². The smallest absolute Gasteiger partial charge is 0.424 e. The van der Waals surface area contributed by atoms with E-state index in [-0.39, 0.29) is 25.3 Å². The molecule has 0 N–H and O–H groups in total. The lowest BCUT2D eigenvalue weighted by atomic mass is 10.0.